The number of unbranched alkanes of at least 4 members (excludes halogenated alkanes) is 1. The molecular weight excluding hydrogens is 703 g/mol. The number of nitrogens with one attached hydrogen (secondary N) is 6. The number of amides is 7. The summed E-state index contributed by atoms with van der Waals surface area (Å²) in [7, 11) is 0. The predicted molar refractivity (Wildman–Crippen MR) is 205 cm³/mol. The van der Waals surface area contributed by atoms with Gasteiger partial charge in [-0.05, 0) is 75.9 Å². The molecule has 0 aliphatic rings. The maximum absolute atomic E-state index is 13.6. The number of hydrogen-bond acceptors (Lipinski definition) is 9. The first kappa shape index (κ1) is 46.7. The Morgan fingerprint density at radius 3 is 1.96 bits per heavy atom. The van der Waals surface area contributed by atoms with Gasteiger partial charge in [-0.1, -0.05) is 58.0 Å². The number of carbonyl (C=O) groups is 7. The van der Waals surface area contributed by atoms with Gasteiger partial charge in [-0.25, -0.2) is 4.79 Å². The van der Waals surface area contributed by atoms with E-state index in [1.54, 1.807) is 34.6 Å². The lowest BCUT2D eigenvalue weighted by molar-refractivity contribution is -0.134. The molecule has 0 aliphatic carbocycles. The van der Waals surface area contributed by atoms with Crippen LogP contribution >= 0.6 is 11.8 Å². The minimum Gasteiger partial charge on any atom is -0.444 e. The molecule has 1 aromatic carbocycles. The maximum Gasteiger partial charge on any atom is 0.407 e. The number of carbonyl (C=O) groups excluding carboxylic acids is 7. The Hall–Kier alpha value is -4.34. The van der Waals surface area contributed by atoms with Gasteiger partial charge in [0.2, 0.25) is 35.4 Å². The summed E-state index contributed by atoms with van der Waals surface area (Å²) in [5.74, 6) is -3.21. The van der Waals surface area contributed by atoms with E-state index >= 15 is 0 Å². The van der Waals surface area contributed by atoms with Gasteiger partial charge >= 0.3 is 6.09 Å². The first-order valence-corrected chi connectivity index (χ1v) is 19.5. The van der Waals surface area contributed by atoms with Crippen molar-refractivity contribution >= 4 is 53.3 Å². The second kappa shape index (κ2) is 24.1. The van der Waals surface area contributed by atoms with Crippen LogP contribution in [0.15, 0.2) is 30.3 Å². The molecule has 8 N–H and O–H groups in total. The molecule has 4 atom stereocenters. The van der Waals surface area contributed by atoms with Gasteiger partial charge in [0, 0.05) is 19.4 Å². The van der Waals surface area contributed by atoms with Crippen LogP contribution in [0.3, 0.4) is 0 Å². The van der Waals surface area contributed by atoms with Crippen molar-refractivity contribution in [2.24, 2.45) is 17.6 Å². The third-order valence-corrected chi connectivity index (χ3v) is 8.38. The largest absolute Gasteiger partial charge is 0.444 e. The van der Waals surface area contributed by atoms with E-state index in [0.29, 0.717) is 31.6 Å². The van der Waals surface area contributed by atoms with Gasteiger partial charge in [0.1, 0.15) is 29.8 Å². The molecule has 0 radical (unpaired) electrons. The Labute approximate surface area is 318 Å². The molecule has 1 aromatic rings. The van der Waals surface area contributed by atoms with Crippen molar-refractivity contribution in [1.29, 1.82) is 0 Å². The lowest BCUT2D eigenvalue weighted by Crippen LogP contribution is -2.57. The lowest BCUT2D eigenvalue weighted by atomic mass is 10.0. The fourth-order valence-corrected chi connectivity index (χ4v) is 5.52. The van der Waals surface area contributed by atoms with Crippen molar-refractivity contribution in [3.05, 3.63) is 35.9 Å². The Morgan fingerprint density at radius 1 is 0.774 bits per heavy atom. The number of ether oxygens (including phenoxy) is 1. The van der Waals surface area contributed by atoms with E-state index < -0.39 is 71.9 Å². The molecule has 0 fully saturated rings. The van der Waals surface area contributed by atoms with E-state index in [-0.39, 0.29) is 37.0 Å². The predicted octanol–water partition coefficient (Wildman–Crippen LogP) is 1.92. The number of nitrogens with two attached hydrogens (primary N) is 1. The van der Waals surface area contributed by atoms with Gasteiger partial charge in [-0.15, -0.1) is 0 Å². The molecule has 0 aliphatic heterocycles. The summed E-state index contributed by atoms with van der Waals surface area (Å²) < 4.78 is 5.21. The van der Waals surface area contributed by atoms with Crippen LogP contribution in [-0.4, -0.2) is 96.4 Å². The number of rotatable bonds is 23. The van der Waals surface area contributed by atoms with Gasteiger partial charge in [-0.2, -0.15) is 11.8 Å². The van der Waals surface area contributed by atoms with Crippen molar-refractivity contribution in [2.45, 2.75) is 117 Å². The standard InChI is InChI=1S/C37H61N7O8S/c1-23(2)20-27(33(48)43-26(32(38)47)17-19-53-8)42-30(46)22-40-35(50)31(24(3)4)44-34(49)28(21-25-14-10-9-11-15-25)41-29(45)16-12-13-18-39-36(51)52-37(5,6)7/h9-11,14-15,23-24,26-28,31H,12-13,16-22H2,1-8H3,(H2,38,47)(H,39,51)(H,40,50)(H,41,45)(H,42,46)(H,43,48)(H,44,49)/t26-,27-,28-,31-/m0/s1. The zero-order valence-corrected chi connectivity index (χ0v) is 33.3. The quantitative estimate of drug-likeness (QED) is 0.0808. The first-order valence-electron chi connectivity index (χ1n) is 18.1. The number of benzene rings is 1. The van der Waals surface area contributed by atoms with Gasteiger partial charge in [0.25, 0.3) is 0 Å². The molecule has 1 rings (SSSR count). The van der Waals surface area contributed by atoms with E-state index in [4.69, 9.17) is 10.5 Å². The first-order chi connectivity index (χ1) is 24.8. The normalized spacial score (nSPS) is 13.5. The molecule has 0 heterocycles. The van der Waals surface area contributed by atoms with Crippen LogP contribution in [0, 0.1) is 11.8 Å². The monoisotopic (exact) mass is 763 g/mol. The van der Waals surface area contributed by atoms with Crippen LogP contribution in [0.1, 0.15) is 86.1 Å². The van der Waals surface area contributed by atoms with Crippen LogP contribution in [0.4, 0.5) is 4.79 Å². The molecule has 16 heteroatoms. The van der Waals surface area contributed by atoms with Crippen LogP contribution in [0.5, 0.6) is 0 Å². The van der Waals surface area contributed by atoms with E-state index in [1.165, 1.54) is 11.8 Å². The van der Waals surface area contributed by atoms with Crippen molar-refractivity contribution in [3.8, 4) is 0 Å². The molecule has 0 unspecified atom stereocenters. The van der Waals surface area contributed by atoms with Crippen LogP contribution in [0.2, 0.25) is 0 Å². The number of hydrogen-bond donors (Lipinski definition) is 7. The highest BCUT2D eigenvalue weighted by Gasteiger charge is 2.30. The molecule has 298 valence electrons. The lowest BCUT2D eigenvalue weighted by Gasteiger charge is -2.26. The molecular formula is C37H61N7O8S. The third kappa shape index (κ3) is 20.5. The number of alkyl carbamates (subject to hydrolysis) is 1. The zero-order chi connectivity index (χ0) is 40.1. The minimum absolute atomic E-state index is 0.0184. The topological polar surface area (TPSA) is 227 Å². The number of primary amides is 1. The third-order valence-electron chi connectivity index (χ3n) is 7.73. The van der Waals surface area contributed by atoms with Crippen molar-refractivity contribution in [3.63, 3.8) is 0 Å². The average molecular weight is 764 g/mol. The molecule has 7 amide bonds. The highest BCUT2D eigenvalue weighted by molar-refractivity contribution is 7.98. The highest BCUT2D eigenvalue weighted by atomic mass is 32.2. The Balaban J connectivity index is 2.88. The highest BCUT2D eigenvalue weighted by Crippen LogP contribution is 2.10. The summed E-state index contributed by atoms with van der Waals surface area (Å²) in [5, 5.41) is 16.0. The summed E-state index contributed by atoms with van der Waals surface area (Å²) in [6.45, 7) is 12.4. The summed E-state index contributed by atoms with van der Waals surface area (Å²) in [6, 6.07) is 5.20. The fraction of sp³-hybridized carbons (Fsp3) is 0.649. The number of thioether (sulfide) groups is 1. The van der Waals surface area contributed by atoms with Gasteiger partial charge in [0.05, 0.1) is 6.54 Å². The zero-order valence-electron chi connectivity index (χ0n) is 32.5. The summed E-state index contributed by atoms with van der Waals surface area (Å²) in [5.41, 5.74) is 5.64. The molecule has 15 nitrogen and oxygen atoms in total. The molecule has 0 bridgehead atoms. The maximum atomic E-state index is 13.6. The van der Waals surface area contributed by atoms with E-state index in [0.717, 1.165) is 5.56 Å². The summed E-state index contributed by atoms with van der Waals surface area (Å²) in [4.78, 5) is 89.6. The summed E-state index contributed by atoms with van der Waals surface area (Å²) >= 11 is 1.50. The van der Waals surface area contributed by atoms with E-state index in [9.17, 15) is 33.6 Å². The molecule has 0 saturated heterocycles. The molecule has 0 aromatic heterocycles. The van der Waals surface area contributed by atoms with Gasteiger partial charge < -0.3 is 42.4 Å². The second-order valence-corrected chi connectivity index (χ2v) is 15.6. The van der Waals surface area contributed by atoms with E-state index in [2.05, 4.69) is 31.9 Å². The van der Waals surface area contributed by atoms with Crippen molar-refractivity contribution in [2.75, 3.05) is 25.1 Å². The van der Waals surface area contributed by atoms with Crippen molar-refractivity contribution < 1.29 is 38.3 Å². The molecule has 53 heavy (non-hydrogen) atoms. The average Bonchev–Trinajstić information content (AvgIpc) is 3.06. The van der Waals surface area contributed by atoms with Crippen LogP contribution in [-0.2, 0) is 39.9 Å². The van der Waals surface area contributed by atoms with Crippen LogP contribution < -0.4 is 37.6 Å². The smallest absolute Gasteiger partial charge is 0.407 e. The molecule has 0 spiro atoms. The Bertz CT molecular complexity index is 1350. The van der Waals surface area contributed by atoms with Crippen LogP contribution in [0.25, 0.3) is 0 Å². The SMILES string of the molecule is CSCC[C@H](NC(=O)[C@H](CC(C)C)NC(=O)CNC(=O)[C@@H](NC(=O)[C@H](Cc1ccccc1)NC(=O)CCCCNC(=O)OC(C)(C)C)C(C)C)C(N)=O. The Morgan fingerprint density at radius 2 is 1.40 bits per heavy atom. The minimum atomic E-state index is -1.05. The molecule has 0 saturated carbocycles. The van der Waals surface area contributed by atoms with E-state index in [1.807, 2.05) is 50.4 Å². The summed E-state index contributed by atoms with van der Waals surface area (Å²) in [6.07, 6.45) is 3.18. The van der Waals surface area contributed by atoms with Gasteiger partial charge in [-0.3, -0.25) is 28.8 Å². The Kier molecular flexibility index (Phi) is 21.2. The fourth-order valence-electron chi connectivity index (χ4n) is 5.05. The van der Waals surface area contributed by atoms with Gasteiger partial charge in [0.15, 0.2) is 0 Å². The second-order valence-electron chi connectivity index (χ2n) is 14.6. The van der Waals surface area contributed by atoms with Crippen molar-refractivity contribution in [1.82, 2.24) is 31.9 Å².